The molecule has 0 aliphatic heterocycles. The lowest BCUT2D eigenvalue weighted by molar-refractivity contribution is 1.16. The summed E-state index contributed by atoms with van der Waals surface area (Å²) in [6.45, 7) is 0. The zero-order valence-corrected chi connectivity index (χ0v) is 28.1. The Morgan fingerprint density at radius 3 is 1.79 bits per heavy atom. The highest BCUT2D eigenvalue weighted by Crippen LogP contribution is 2.44. The Morgan fingerprint density at radius 1 is 0.423 bits per heavy atom. The van der Waals surface area contributed by atoms with Crippen LogP contribution in [0.15, 0.2) is 182 Å². The van der Waals surface area contributed by atoms with Crippen LogP contribution in [0.1, 0.15) is 5.56 Å². The second-order valence-electron chi connectivity index (χ2n) is 13.1. The molecule has 0 N–H and O–H groups in total. The van der Waals surface area contributed by atoms with Gasteiger partial charge in [0.25, 0.3) is 0 Å². The van der Waals surface area contributed by atoms with Crippen molar-refractivity contribution in [3.05, 3.63) is 188 Å². The molecule has 0 radical (unpaired) electrons. The summed E-state index contributed by atoms with van der Waals surface area (Å²) in [7, 11) is 0. The predicted molar refractivity (Wildman–Crippen MR) is 214 cm³/mol. The molecule has 242 valence electrons. The molecule has 7 aromatic carbocycles. The van der Waals surface area contributed by atoms with Gasteiger partial charge in [0.15, 0.2) is 0 Å². The topological polar surface area (TPSA) is 46.5 Å². The van der Waals surface area contributed by atoms with Crippen molar-refractivity contribution >= 4 is 43.6 Å². The Hall–Kier alpha value is -7.22. The van der Waals surface area contributed by atoms with Crippen molar-refractivity contribution in [1.82, 2.24) is 14.1 Å². The molecule has 3 aromatic heterocycles. The van der Waals surface area contributed by atoms with Crippen LogP contribution in [0, 0.1) is 11.3 Å². The molecule has 52 heavy (non-hydrogen) atoms. The van der Waals surface area contributed by atoms with Gasteiger partial charge in [-0.3, -0.25) is 0 Å². The van der Waals surface area contributed by atoms with E-state index in [0.717, 1.165) is 77.9 Å². The number of benzene rings is 7. The first-order chi connectivity index (χ1) is 25.8. The Kier molecular flexibility index (Phi) is 6.84. The Morgan fingerprint density at radius 2 is 1.02 bits per heavy atom. The first-order valence-corrected chi connectivity index (χ1v) is 17.5. The van der Waals surface area contributed by atoms with E-state index in [1.165, 1.54) is 10.8 Å². The lowest BCUT2D eigenvalue weighted by atomic mass is 9.99. The number of aromatic nitrogens is 3. The van der Waals surface area contributed by atoms with E-state index in [9.17, 15) is 5.26 Å². The third-order valence-corrected chi connectivity index (χ3v) is 10.2. The molecule has 0 bridgehead atoms. The first kappa shape index (κ1) is 29.7. The molecule has 0 amide bonds. The maximum atomic E-state index is 10.2. The predicted octanol–water partition coefficient (Wildman–Crippen LogP) is 12.1. The van der Waals surface area contributed by atoms with Gasteiger partial charge >= 0.3 is 0 Å². The number of rotatable bonds is 5. The van der Waals surface area contributed by atoms with Crippen LogP contribution >= 0.6 is 0 Å². The monoisotopic (exact) mass is 662 g/mol. The second-order valence-corrected chi connectivity index (χ2v) is 13.1. The van der Waals surface area contributed by atoms with E-state index in [-0.39, 0.29) is 0 Å². The zero-order chi connectivity index (χ0) is 34.6. The van der Waals surface area contributed by atoms with Gasteiger partial charge in [0, 0.05) is 32.7 Å². The van der Waals surface area contributed by atoms with Crippen molar-refractivity contribution in [2.75, 3.05) is 0 Å². The van der Waals surface area contributed by atoms with Gasteiger partial charge in [-0.25, -0.2) is 4.98 Å². The summed E-state index contributed by atoms with van der Waals surface area (Å²) in [4.78, 5) is 5.36. The minimum Gasteiger partial charge on any atom is -0.308 e. The molecule has 0 aliphatic carbocycles. The molecular formula is C48H30N4. The van der Waals surface area contributed by atoms with Crippen LogP contribution in [0.3, 0.4) is 0 Å². The molecule has 0 spiro atoms. The summed E-state index contributed by atoms with van der Waals surface area (Å²) in [6.07, 6.45) is 0. The first-order valence-electron chi connectivity index (χ1n) is 17.5. The number of nitrogens with zero attached hydrogens (tertiary/aromatic N) is 4. The SMILES string of the molecule is N#Cc1ccccc1-n1c2ccccc2c2c1ccc1c3ccccc3n(-c3ccccc3-c3cc(-c4ccccc4)cc(-c4ccccc4)n3)c12. The van der Waals surface area contributed by atoms with E-state index in [0.29, 0.717) is 5.56 Å². The highest BCUT2D eigenvalue weighted by Gasteiger charge is 2.23. The standard InChI is InChI=1S/C48H30N4/c49-31-34-19-7-11-23-42(34)51-45-26-14-10-22-39(45)47-46(51)28-27-37-36-20-8-12-24-43(36)52(48(37)47)44-25-13-9-21-38(44)41-30-35(32-15-3-1-4-16-32)29-40(50-41)33-17-5-2-6-18-33/h1-30H. The van der Waals surface area contributed by atoms with Crippen LogP contribution < -0.4 is 0 Å². The molecule has 0 atom stereocenters. The minimum atomic E-state index is 0.634. The summed E-state index contributed by atoms with van der Waals surface area (Å²) in [5.74, 6) is 0. The van der Waals surface area contributed by atoms with Crippen LogP contribution in [-0.4, -0.2) is 14.1 Å². The fraction of sp³-hybridized carbons (Fsp3) is 0. The van der Waals surface area contributed by atoms with Gasteiger partial charge in [0.2, 0.25) is 0 Å². The number of fused-ring (bicyclic) bond motifs is 7. The second kappa shape index (κ2) is 12.0. The lowest BCUT2D eigenvalue weighted by Crippen LogP contribution is -2.00. The maximum Gasteiger partial charge on any atom is 0.101 e. The van der Waals surface area contributed by atoms with Gasteiger partial charge < -0.3 is 9.13 Å². The maximum absolute atomic E-state index is 10.2. The number of hydrogen-bond donors (Lipinski definition) is 0. The normalized spacial score (nSPS) is 11.4. The van der Waals surface area contributed by atoms with Crippen molar-refractivity contribution < 1.29 is 0 Å². The van der Waals surface area contributed by atoms with Crippen LogP contribution in [-0.2, 0) is 0 Å². The lowest BCUT2D eigenvalue weighted by Gasteiger charge is -2.16. The highest BCUT2D eigenvalue weighted by atomic mass is 15.0. The minimum absolute atomic E-state index is 0.634. The van der Waals surface area contributed by atoms with E-state index in [4.69, 9.17) is 4.98 Å². The molecular weight excluding hydrogens is 633 g/mol. The Bertz CT molecular complexity index is 2960. The molecule has 0 fully saturated rings. The zero-order valence-electron chi connectivity index (χ0n) is 28.1. The van der Waals surface area contributed by atoms with Crippen LogP contribution in [0.25, 0.3) is 88.6 Å². The quantitative estimate of drug-likeness (QED) is 0.184. The highest BCUT2D eigenvalue weighted by molar-refractivity contribution is 6.26. The fourth-order valence-electron chi connectivity index (χ4n) is 7.89. The van der Waals surface area contributed by atoms with Crippen molar-refractivity contribution in [3.63, 3.8) is 0 Å². The van der Waals surface area contributed by atoms with E-state index in [2.05, 4.69) is 167 Å². The molecule has 4 heteroatoms. The fourth-order valence-corrected chi connectivity index (χ4v) is 7.89. The molecule has 3 heterocycles. The van der Waals surface area contributed by atoms with Gasteiger partial charge in [0.05, 0.1) is 50.4 Å². The molecule has 0 saturated carbocycles. The van der Waals surface area contributed by atoms with E-state index in [1.807, 2.05) is 30.3 Å². The van der Waals surface area contributed by atoms with E-state index < -0.39 is 0 Å². The van der Waals surface area contributed by atoms with E-state index in [1.54, 1.807) is 0 Å². The Balaban J connectivity index is 1.32. The molecule has 0 saturated heterocycles. The summed E-state index contributed by atoms with van der Waals surface area (Å²) < 4.78 is 4.67. The summed E-state index contributed by atoms with van der Waals surface area (Å²) in [6, 6.07) is 65.9. The molecule has 0 aliphatic rings. The van der Waals surface area contributed by atoms with Crippen LogP contribution in [0.4, 0.5) is 0 Å². The molecule has 10 aromatic rings. The number of pyridine rings is 1. The number of para-hydroxylation sites is 4. The van der Waals surface area contributed by atoms with Gasteiger partial charge in [0.1, 0.15) is 6.07 Å². The number of hydrogen-bond acceptors (Lipinski definition) is 2. The third kappa shape index (κ3) is 4.57. The van der Waals surface area contributed by atoms with Gasteiger partial charge in [-0.1, -0.05) is 133 Å². The smallest absolute Gasteiger partial charge is 0.101 e. The largest absolute Gasteiger partial charge is 0.308 e. The van der Waals surface area contributed by atoms with Crippen LogP contribution in [0.5, 0.6) is 0 Å². The van der Waals surface area contributed by atoms with E-state index >= 15 is 0 Å². The Labute approximate surface area is 300 Å². The van der Waals surface area contributed by atoms with Crippen molar-refractivity contribution in [2.24, 2.45) is 0 Å². The molecule has 10 rings (SSSR count). The average Bonchev–Trinajstić information content (AvgIpc) is 3.74. The van der Waals surface area contributed by atoms with Crippen molar-refractivity contribution in [1.29, 1.82) is 5.26 Å². The molecule has 4 nitrogen and oxygen atoms in total. The number of nitriles is 1. The van der Waals surface area contributed by atoms with Gasteiger partial charge in [-0.05, 0) is 59.7 Å². The van der Waals surface area contributed by atoms with Gasteiger partial charge in [-0.15, -0.1) is 0 Å². The van der Waals surface area contributed by atoms with Crippen molar-refractivity contribution in [2.45, 2.75) is 0 Å². The van der Waals surface area contributed by atoms with Gasteiger partial charge in [-0.2, -0.15) is 5.26 Å². The van der Waals surface area contributed by atoms with Crippen molar-refractivity contribution in [3.8, 4) is 51.1 Å². The summed E-state index contributed by atoms with van der Waals surface area (Å²) >= 11 is 0. The third-order valence-electron chi connectivity index (χ3n) is 10.2. The molecule has 0 unspecified atom stereocenters. The average molecular weight is 663 g/mol. The van der Waals surface area contributed by atoms with Crippen LogP contribution in [0.2, 0.25) is 0 Å². The summed E-state index contributed by atoms with van der Waals surface area (Å²) in [5.41, 5.74) is 13.1. The summed E-state index contributed by atoms with van der Waals surface area (Å²) in [5, 5.41) is 14.8.